The maximum Gasteiger partial charge on any atom is 0.159 e. The lowest BCUT2D eigenvalue weighted by Gasteiger charge is -2.14. The Labute approximate surface area is 80.4 Å². The Kier molecular flexibility index (Phi) is 6.15. The zero-order valence-corrected chi connectivity index (χ0v) is 8.46. The summed E-state index contributed by atoms with van der Waals surface area (Å²) in [6.07, 6.45) is 4.45. The lowest BCUT2D eigenvalue weighted by Crippen LogP contribution is -2.18. The molecule has 1 unspecified atom stereocenters. The Morgan fingerprint density at radius 3 is 3.00 bits per heavy atom. The molecule has 1 rings (SSSR count). The quantitative estimate of drug-likeness (QED) is 0.617. The van der Waals surface area contributed by atoms with E-state index in [1.807, 2.05) is 0 Å². The molecule has 3 nitrogen and oxygen atoms in total. The number of hydrogen-bond acceptors (Lipinski definition) is 3. The van der Waals surface area contributed by atoms with Crippen LogP contribution in [0.25, 0.3) is 0 Å². The van der Waals surface area contributed by atoms with Crippen LogP contribution < -0.4 is 0 Å². The molecule has 1 fully saturated rings. The molecule has 0 aliphatic carbocycles. The highest BCUT2D eigenvalue weighted by atomic mass is 16.7. The van der Waals surface area contributed by atoms with E-state index in [1.54, 1.807) is 0 Å². The molecule has 0 saturated carbocycles. The summed E-state index contributed by atoms with van der Waals surface area (Å²) in [4.78, 5) is 0. The number of rotatable bonds is 5. The third kappa shape index (κ3) is 5.24. The lowest BCUT2D eigenvalue weighted by atomic mass is 10.3. The van der Waals surface area contributed by atoms with E-state index in [9.17, 15) is 0 Å². The van der Waals surface area contributed by atoms with E-state index >= 15 is 0 Å². The van der Waals surface area contributed by atoms with Gasteiger partial charge in [-0.3, -0.25) is 0 Å². The van der Waals surface area contributed by atoms with Crippen LogP contribution in [0.15, 0.2) is 0 Å². The second-order valence-corrected chi connectivity index (χ2v) is 3.28. The van der Waals surface area contributed by atoms with Crippen molar-refractivity contribution in [3.8, 4) is 0 Å². The van der Waals surface area contributed by atoms with Crippen molar-refractivity contribution in [2.24, 2.45) is 0 Å². The molecule has 0 aromatic heterocycles. The molecule has 13 heavy (non-hydrogen) atoms. The molecule has 3 heteroatoms. The first-order chi connectivity index (χ1) is 6.43. The molecule has 0 spiro atoms. The summed E-state index contributed by atoms with van der Waals surface area (Å²) in [5.74, 6) is 0. The highest BCUT2D eigenvalue weighted by Crippen LogP contribution is 2.06. The summed E-state index contributed by atoms with van der Waals surface area (Å²) < 4.78 is 16.2. The minimum atomic E-state index is -0.0284. The van der Waals surface area contributed by atoms with Crippen LogP contribution in [0.1, 0.15) is 32.6 Å². The molecule has 1 atom stereocenters. The summed E-state index contributed by atoms with van der Waals surface area (Å²) in [6.45, 7) is 5.14. The molecule has 0 amide bonds. The summed E-state index contributed by atoms with van der Waals surface area (Å²) in [5, 5.41) is 0. The van der Waals surface area contributed by atoms with Crippen molar-refractivity contribution in [1.29, 1.82) is 0 Å². The van der Waals surface area contributed by atoms with Crippen LogP contribution in [-0.2, 0) is 14.2 Å². The van der Waals surface area contributed by atoms with Gasteiger partial charge in [-0.25, -0.2) is 0 Å². The molecule has 1 aliphatic heterocycles. The monoisotopic (exact) mass is 188 g/mol. The predicted molar refractivity (Wildman–Crippen MR) is 50.7 cm³/mol. The third-order valence-electron chi connectivity index (χ3n) is 2.08. The third-order valence-corrected chi connectivity index (χ3v) is 2.08. The van der Waals surface area contributed by atoms with Gasteiger partial charge in [0.05, 0.1) is 19.8 Å². The van der Waals surface area contributed by atoms with Gasteiger partial charge in [0, 0.05) is 13.0 Å². The van der Waals surface area contributed by atoms with Gasteiger partial charge in [-0.2, -0.15) is 0 Å². The zero-order chi connectivity index (χ0) is 9.36. The van der Waals surface area contributed by atoms with Crippen LogP contribution in [0.5, 0.6) is 0 Å². The minimum absolute atomic E-state index is 0.0284. The first-order valence-electron chi connectivity index (χ1n) is 5.24. The minimum Gasteiger partial charge on any atom is -0.379 e. The van der Waals surface area contributed by atoms with E-state index in [2.05, 4.69) is 6.92 Å². The standard InChI is InChI=1S/C10H20O3/c1-2-3-4-6-12-10-5-7-11-8-9-13-10/h10H,2-9H2,1H3. The van der Waals surface area contributed by atoms with Gasteiger partial charge in [-0.15, -0.1) is 0 Å². The van der Waals surface area contributed by atoms with E-state index in [1.165, 1.54) is 12.8 Å². The maximum atomic E-state index is 5.56. The van der Waals surface area contributed by atoms with Crippen molar-refractivity contribution < 1.29 is 14.2 Å². The van der Waals surface area contributed by atoms with Crippen LogP contribution in [0.3, 0.4) is 0 Å². The smallest absolute Gasteiger partial charge is 0.159 e. The SMILES string of the molecule is CCCCCOC1CCOCCO1. The van der Waals surface area contributed by atoms with Gasteiger partial charge >= 0.3 is 0 Å². The van der Waals surface area contributed by atoms with Crippen LogP contribution in [-0.4, -0.2) is 32.7 Å². The summed E-state index contributed by atoms with van der Waals surface area (Å²) in [6, 6.07) is 0. The molecule has 0 aromatic carbocycles. The zero-order valence-electron chi connectivity index (χ0n) is 8.46. The summed E-state index contributed by atoms with van der Waals surface area (Å²) in [7, 11) is 0. The molecular weight excluding hydrogens is 168 g/mol. The van der Waals surface area contributed by atoms with Gasteiger partial charge in [0.25, 0.3) is 0 Å². The van der Waals surface area contributed by atoms with E-state index in [-0.39, 0.29) is 6.29 Å². The van der Waals surface area contributed by atoms with E-state index < -0.39 is 0 Å². The van der Waals surface area contributed by atoms with Gasteiger partial charge in [0.2, 0.25) is 0 Å². The van der Waals surface area contributed by atoms with Gasteiger partial charge in [-0.05, 0) is 6.42 Å². The fourth-order valence-electron chi connectivity index (χ4n) is 1.30. The Balaban J connectivity index is 1.98. The molecule has 0 N–H and O–H groups in total. The normalized spacial score (nSPS) is 24.2. The number of unbranched alkanes of at least 4 members (excludes halogenated alkanes) is 2. The van der Waals surface area contributed by atoms with Gasteiger partial charge in [0.15, 0.2) is 6.29 Å². The van der Waals surface area contributed by atoms with Crippen LogP contribution in [0, 0.1) is 0 Å². The summed E-state index contributed by atoms with van der Waals surface area (Å²) in [5.41, 5.74) is 0. The molecule has 0 radical (unpaired) electrons. The Morgan fingerprint density at radius 1 is 1.23 bits per heavy atom. The molecule has 78 valence electrons. The predicted octanol–water partition coefficient (Wildman–Crippen LogP) is 1.96. The van der Waals surface area contributed by atoms with Crippen molar-refractivity contribution in [3.63, 3.8) is 0 Å². The van der Waals surface area contributed by atoms with Crippen LogP contribution >= 0.6 is 0 Å². The molecule has 1 saturated heterocycles. The first-order valence-corrected chi connectivity index (χ1v) is 5.24. The number of hydrogen-bond donors (Lipinski definition) is 0. The fraction of sp³-hybridized carbons (Fsp3) is 1.00. The second kappa shape index (κ2) is 7.30. The van der Waals surface area contributed by atoms with E-state index in [4.69, 9.17) is 14.2 Å². The van der Waals surface area contributed by atoms with Crippen molar-refractivity contribution >= 4 is 0 Å². The molecule has 1 heterocycles. The van der Waals surface area contributed by atoms with Crippen molar-refractivity contribution in [3.05, 3.63) is 0 Å². The average Bonchev–Trinajstić information content (AvgIpc) is 2.41. The van der Waals surface area contributed by atoms with Crippen molar-refractivity contribution in [1.82, 2.24) is 0 Å². The van der Waals surface area contributed by atoms with Crippen LogP contribution in [0.4, 0.5) is 0 Å². The van der Waals surface area contributed by atoms with Gasteiger partial charge < -0.3 is 14.2 Å². The largest absolute Gasteiger partial charge is 0.379 e. The Hall–Kier alpha value is -0.120. The van der Waals surface area contributed by atoms with E-state index in [0.717, 1.165) is 26.1 Å². The van der Waals surface area contributed by atoms with Gasteiger partial charge in [0.1, 0.15) is 0 Å². The fourth-order valence-corrected chi connectivity index (χ4v) is 1.30. The maximum absolute atomic E-state index is 5.56. The topological polar surface area (TPSA) is 27.7 Å². The average molecular weight is 188 g/mol. The number of ether oxygens (including phenoxy) is 3. The molecule has 0 bridgehead atoms. The molecule has 0 aromatic rings. The van der Waals surface area contributed by atoms with Crippen molar-refractivity contribution in [2.75, 3.05) is 26.4 Å². The Bertz CT molecular complexity index is 109. The second-order valence-electron chi connectivity index (χ2n) is 3.28. The highest BCUT2D eigenvalue weighted by molar-refractivity contribution is 4.50. The molecule has 1 aliphatic rings. The first kappa shape index (κ1) is 11.0. The van der Waals surface area contributed by atoms with Crippen LogP contribution in [0.2, 0.25) is 0 Å². The lowest BCUT2D eigenvalue weighted by molar-refractivity contribution is -0.138. The van der Waals surface area contributed by atoms with Crippen molar-refractivity contribution in [2.45, 2.75) is 38.9 Å². The Morgan fingerprint density at radius 2 is 2.15 bits per heavy atom. The highest BCUT2D eigenvalue weighted by Gasteiger charge is 2.12. The van der Waals surface area contributed by atoms with Gasteiger partial charge in [-0.1, -0.05) is 19.8 Å². The van der Waals surface area contributed by atoms with E-state index in [0.29, 0.717) is 13.2 Å². The summed E-state index contributed by atoms with van der Waals surface area (Å²) >= 11 is 0. The molecular formula is C10H20O3.